The Labute approximate surface area is 79.7 Å². The zero-order valence-corrected chi connectivity index (χ0v) is 7.81. The van der Waals surface area contributed by atoms with Gasteiger partial charge in [0.05, 0.1) is 23.3 Å². The first-order valence-corrected chi connectivity index (χ1v) is 4.04. The molecular weight excluding hydrogens is 188 g/mol. The highest BCUT2D eigenvalue weighted by molar-refractivity contribution is 5.33. The van der Waals surface area contributed by atoms with Gasteiger partial charge in [-0.05, 0) is 13.8 Å². The first kappa shape index (κ1) is 10.2. The zero-order chi connectivity index (χ0) is 10.7. The van der Waals surface area contributed by atoms with Crippen LogP contribution in [0.2, 0.25) is 0 Å². The summed E-state index contributed by atoms with van der Waals surface area (Å²) >= 11 is 0. The van der Waals surface area contributed by atoms with E-state index in [4.69, 9.17) is 4.74 Å². The van der Waals surface area contributed by atoms with Crippen LogP contribution in [0.3, 0.4) is 0 Å². The average Bonchev–Trinajstić information content (AvgIpc) is 2.07. The summed E-state index contributed by atoms with van der Waals surface area (Å²) in [4.78, 5) is 23.1. The molecule has 0 saturated heterocycles. The third kappa shape index (κ3) is 2.32. The fourth-order valence-corrected chi connectivity index (χ4v) is 0.899. The molecule has 1 aromatic heterocycles. The van der Waals surface area contributed by atoms with Gasteiger partial charge in [0.25, 0.3) is 11.2 Å². The molecule has 1 aromatic rings. The summed E-state index contributed by atoms with van der Waals surface area (Å²) in [7, 11) is 0. The predicted molar refractivity (Wildman–Crippen MR) is 49.5 cm³/mol. The van der Waals surface area contributed by atoms with Crippen LogP contribution in [0, 0.1) is 10.1 Å². The molecule has 0 aromatic carbocycles. The van der Waals surface area contributed by atoms with Crippen molar-refractivity contribution >= 4 is 5.69 Å². The molecule has 0 aliphatic heterocycles. The van der Waals surface area contributed by atoms with Crippen LogP contribution < -0.4 is 10.3 Å². The summed E-state index contributed by atoms with van der Waals surface area (Å²) in [5.74, 6) is -0.0331. The molecule has 0 aliphatic rings. The minimum atomic E-state index is -0.594. The maximum atomic E-state index is 11.1. The average molecular weight is 198 g/mol. The molecule has 14 heavy (non-hydrogen) atoms. The van der Waals surface area contributed by atoms with Crippen LogP contribution in [0.15, 0.2) is 17.1 Å². The van der Waals surface area contributed by atoms with Crippen molar-refractivity contribution in [3.63, 3.8) is 0 Å². The van der Waals surface area contributed by atoms with Gasteiger partial charge >= 0.3 is 0 Å². The second kappa shape index (κ2) is 3.91. The van der Waals surface area contributed by atoms with Crippen molar-refractivity contribution in [2.24, 2.45) is 0 Å². The summed E-state index contributed by atoms with van der Waals surface area (Å²) in [5.41, 5.74) is -0.662. The molecule has 0 radical (unpaired) electrons. The second-order valence-electron chi connectivity index (χ2n) is 2.97. The van der Waals surface area contributed by atoms with Gasteiger partial charge in [0.2, 0.25) is 0 Å². The largest absolute Gasteiger partial charge is 0.485 e. The van der Waals surface area contributed by atoms with Crippen molar-refractivity contribution in [3.8, 4) is 5.75 Å². The van der Waals surface area contributed by atoms with Crippen LogP contribution >= 0.6 is 0 Å². The Morgan fingerprint density at radius 3 is 2.71 bits per heavy atom. The Balaban J connectivity index is 3.08. The first-order chi connectivity index (χ1) is 6.50. The van der Waals surface area contributed by atoms with Gasteiger partial charge in [0.1, 0.15) is 0 Å². The van der Waals surface area contributed by atoms with E-state index in [2.05, 4.69) is 4.98 Å². The quantitative estimate of drug-likeness (QED) is 0.581. The van der Waals surface area contributed by atoms with Crippen molar-refractivity contribution < 1.29 is 9.66 Å². The SMILES string of the molecule is CC(C)Oc1cc([N+](=O)[O-])c[nH]c1=O. The second-order valence-corrected chi connectivity index (χ2v) is 2.97. The van der Waals surface area contributed by atoms with Crippen LogP contribution in [-0.2, 0) is 0 Å². The molecule has 0 aliphatic carbocycles. The zero-order valence-electron chi connectivity index (χ0n) is 7.81. The number of nitrogens with one attached hydrogen (secondary N) is 1. The number of H-pyrrole nitrogens is 1. The number of rotatable bonds is 3. The Bertz CT molecular complexity index is 397. The van der Waals surface area contributed by atoms with Crippen molar-refractivity contribution in [1.29, 1.82) is 0 Å². The standard InChI is InChI=1S/C8H10N2O4/c1-5(2)14-7-3-6(10(12)13)4-9-8(7)11/h3-5H,1-2H3,(H,9,11). The number of ether oxygens (including phenoxy) is 1. The van der Waals surface area contributed by atoms with Gasteiger partial charge in [0, 0.05) is 0 Å². The van der Waals surface area contributed by atoms with E-state index in [0.717, 1.165) is 12.3 Å². The number of pyridine rings is 1. The van der Waals surface area contributed by atoms with Crippen molar-refractivity contribution in [2.45, 2.75) is 20.0 Å². The van der Waals surface area contributed by atoms with E-state index >= 15 is 0 Å². The number of nitrogens with zero attached hydrogens (tertiary/aromatic N) is 1. The Morgan fingerprint density at radius 1 is 1.57 bits per heavy atom. The molecular formula is C8H10N2O4. The van der Waals surface area contributed by atoms with E-state index in [1.165, 1.54) is 0 Å². The number of hydrogen-bond acceptors (Lipinski definition) is 4. The molecule has 6 nitrogen and oxygen atoms in total. The van der Waals surface area contributed by atoms with Crippen LogP contribution in [0.1, 0.15) is 13.8 Å². The Kier molecular flexibility index (Phi) is 2.85. The lowest BCUT2D eigenvalue weighted by molar-refractivity contribution is -0.385. The van der Waals surface area contributed by atoms with Gasteiger partial charge in [-0.25, -0.2) is 0 Å². The van der Waals surface area contributed by atoms with E-state index in [1.54, 1.807) is 13.8 Å². The highest BCUT2D eigenvalue weighted by Gasteiger charge is 2.11. The van der Waals surface area contributed by atoms with Crippen molar-refractivity contribution in [3.05, 3.63) is 32.7 Å². The Morgan fingerprint density at radius 2 is 2.21 bits per heavy atom. The lowest BCUT2D eigenvalue weighted by Gasteiger charge is -2.07. The van der Waals surface area contributed by atoms with E-state index in [9.17, 15) is 14.9 Å². The monoisotopic (exact) mass is 198 g/mol. The minimum Gasteiger partial charge on any atom is -0.485 e. The molecule has 76 valence electrons. The van der Waals surface area contributed by atoms with Crippen LogP contribution in [0.5, 0.6) is 5.75 Å². The number of hydrogen-bond donors (Lipinski definition) is 1. The summed E-state index contributed by atoms with van der Waals surface area (Å²) < 4.78 is 5.09. The fourth-order valence-electron chi connectivity index (χ4n) is 0.899. The molecule has 0 saturated carbocycles. The number of aromatic amines is 1. The molecule has 1 heterocycles. The van der Waals surface area contributed by atoms with Gasteiger partial charge in [-0.15, -0.1) is 0 Å². The number of nitro groups is 1. The van der Waals surface area contributed by atoms with E-state index < -0.39 is 10.5 Å². The smallest absolute Gasteiger partial charge is 0.290 e. The van der Waals surface area contributed by atoms with Gasteiger partial charge in [-0.2, -0.15) is 0 Å². The van der Waals surface area contributed by atoms with Crippen LogP contribution in [-0.4, -0.2) is 16.0 Å². The van der Waals surface area contributed by atoms with E-state index in [0.29, 0.717) is 0 Å². The molecule has 0 spiro atoms. The lowest BCUT2D eigenvalue weighted by atomic mass is 10.4. The molecule has 6 heteroatoms. The summed E-state index contributed by atoms with van der Waals surface area (Å²) in [6.07, 6.45) is 0.841. The maximum absolute atomic E-state index is 11.1. The molecule has 0 bridgehead atoms. The molecule has 0 fully saturated rings. The normalized spacial score (nSPS) is 10.2. The third-order valence-electron chi connectivity index (χ3n) is 1.43. The Hall–Kier alpha value is -1.85. The van der Waals surface area contributed by atoms with Crippen molar-refractivity contribution in [1.82, 2.24) is 4.98 Å². The van der Waals surface area contributed by atoms with Gasteiger partial charge in [-0.1, -0.05) is 0 Å². The minimum absolute atomic E-state index is 0.0331. The van der Waals surface area contributed by atoms with Gasteiger partial charge in [0.15, 0.2) is 5.75 Å². The lowest BCUT2D eigenvalue weighted by Crippen LogP contribution is -2.15. The van der Waals surface area contributed by atoms with Crippen LogP contribution in [0.25, 0.3) is 0 Å². The fraction of sp³-hybridized carbons (Fsp3) is 0.375. The third-order valence-corrected chi connectivity index (χ3v) is 1.43. The highest BCUT2D eigenvalue weighted by Crippen LogP contribution is 2.14. The topological polar surface area (TPSA) is 85.2 Å². The summed E-state index contributed by atoms with van der Waals surface area (Å²) in [5, 5.41) is 10.4. The number of aromatic nitrogens is 1. The molecule has 1 rings (SSSR count). The van der Waals surface area contributed by atoms with Gasteiger partial charge in [-0.3, -0.25) is 14.9 Å². The highest BCUT2D eigenvalue weighted by atomic mass is 16.6. The summed E-state index contributed by atoms with van der Waals surface area (Å²) in [6, 6.07) is 1.11. The van der Waals surface area contributed by atoms with Crippen LogP contribution in [0.4, 0.5) is 5.69 Å². The summed E-state index contributed by atoms with van der Waals surface area (Å²) in [6.45, 7) is 3.47. The van der Waals surface area contributed by atoms with Gasteiger partial charge < -0.3 is 9.72 Å². The van der Waals surface area contributed by atoms with E-state index in [-0.39, 0.29) is 17.5 Å². The molecule has 0 atom stereocenters. The first-order valence-electron chi connectivity index (χ1n) is 4.04. The molecule has 1 N–H and O–H groups in total. The predicted octanol–water partition coefficient (Wildman–Crippen LogP) is 1.07. The van der Waals surface area contributed by atoms with Crippen molar-refractivity contribution in [2.75, 3.05) is 0 Å². The maximum Gasteiger partial charge on any atom is 0.290 e. The van der Waals surface area contributed by atoms with E-state index in [1.807, 2.05) is 0 Å². The molecule has 0 unspecified atom stereocenters. The molecule has 0 amide bonds.